The SMILES string of the molecule is CC(=O)OC1CCC2(C)C(CCC3(C)C4CCC5(C)CCCC5C4CCC32)C1(C)C.O=CCl. The molecule has 5 saturated carbocycles. The summed E-state index contributed by atoms with van der Waals surface area (Å²) in [6, 6.07) is 0. The molecular weight excluding hydrogens is 432 g/mol. The molecule has 5 rings (SSSR count). The second-order valence-electron chi connectivity index (χ2n) is 13.7. The molecule has 3 nitrogen and oxygen atoms in total. The van der Waals surface area contributed by atoms with Crippen LogP contribution in [0.3, 0.4) is 0 Å². The molecule has 0 N–H and O–H groups in total. The maximum Gasteiger partial charge on any atom is 0.302 e. The molecule has 0 heterocycles. The molecule has 0 bridgehead atoms. The van der Waals surface area contributed by atoms with Gasteiger partial charge in [-0.3, -0.25) is 9.59 Å². The van der Waals surface area contributed by atoms with Crippen LogP contribution in [0.1, 0.15) is 112 Å². The lowest BCUT2D eigenvalue weighted by molar-refractivity contribution is -0.220. The van der Waals surface area contributed by atoms with Gasteiger partial charge in [0.2, 0.25) is 5.75 Å². The largest absolute Gasteiger partial charge is 0.462 e. The molecule has 0 aliphatic heterocycles. The van der Waals surface area contributed by atoms with Crippen LogP contribution in [-0.2, 0) is 14.3 Å². The average molecular weight is 479 g/mol. The summed E-state index contributed by atoms with van der Waals surface area (Å²) in [5, 5.41) is 0. The Hall–Kier alpha value is -0.570. The van der Waals surface area contributed by atoms with E-state index in [1.165, 1.54) is 64.2 Å². The van der Waals surface area contributed by atoms with E-state index in [1.54, 1.807) is 6.92 Å². The van der Waals surface area contributed by atoms with Gasteiger partial charge in [-0.15, -0.1) is 0 Å². The quantitative estimate of drug-likeness (QED) is 0.219. The number of ether oxygens (including phenoxy) is 1. The zero-order valence-electron chi connectivity index (χ0n) is 21.9. The molecule has 0 radical (unpaired) electrons. The highest BCUT2D eigenvalue weighted by molar-refractivity contribution is 6.54. The number of hydrogen-bond donors (Lipinski definition) is 0. The minimum atomic E-state index is -0.0975. The summed E-state index contributed by atoms with van der Waals surface area (Å²) in [6.07, 6.45) is 15.5. The number of rotatable bonds is 1. The van der Waals surface area contributed by atoms with Gasteiger partial charge in [0.15, 0.2) is 0 Å². The van der Waals surface area contributed by atoms with Crippen LogP contribution in [0.15, 0.2) is 0 Å². The van der Waals surface area contributed by atoms with Gasteiger partial charge in [0.05, 0.1) is 0 Å². The van der Waals surface area contributed by atoms with Crippen molar-refractivity contribution in [2.45, 2.75) is 118 Å². The summed E-state index contributed by atoms with van der Waals surface area (Å²) in [5.74, 6) is 4.62. The first-order valence-corrected chi connectivity index (χ1v) is 14.1. The first kappa shape index (κ1) is 25.5. The maximum atomic E-state index is 11.8. The van der Waals surface area contributed by atoms with Crippen molar-refractivity contribution in [3.8, 4) is 0 Å². The predicted octanol–water partition coefficient (Wildman–Crippen LogP) is 7.82. The van der Waals surface area contributed by atoms with Gasteiger partial charge in [-0.25, -0.2) is 0 Å². The fourth-order valence-corrected chi connectivity index (χ4v) is 10.9. The Labute approximate surface area is 207 Å². The van der Waals surface area contributed by atoms with E-state index in [9.17, 15) is 4.79 Å². The number of carbonyl (C=O) groups is 2. The molecular formula is C29H47ClO3. The van der Waals surface area contributed by atoms with E-state index in [4.69, 9.17) is 9.53 Å². The van der Waals surface area contributed by atoms with Crippen molar-refractivity contribution in [3.05, 3.63) is 0 Å². The molecule has 0 spiro atoms. The highest BCUT2D eigenvalue weighted by atomic mass is 35.5. The van der Waals surface area contributed by atoms with E-state index < -0.39 is 0 Å². The monoisotopic (exact) mass is 478 g/mol. The molecule has 33 heavy (non-hydrogen) atoms. The Kier molecular flexibility index (Phi) is 6.82. The highest BCUT2D eigenvalue weighted by Gasteiger charge is 2.66. The Balaban J connectivity index is 0.000000821. The molecule has 0 amide bonds. The first-order valence-electron chi connectivity index (χ1n) is 13.6. The van der Waals surface area contributed by atoms with Crippen molar-refractivity contribution in [2.24, 2.45) is 51.2 Å². The zero-order valence-corrected chi connectivity index (χ0v) is 22.7. The fourth-order valence-electron chi connectivity index (χ4n) is 10.9. The van der Waals surface area contributed by atoms with Crippen molar-refractivity contribution in [3.63, 3.8) is 0 Å². The third-order valence-electron chi connectivity index (χ3n) is 12.2. The number of esters is 1. The van der Waals surface area contributed by atoms with Crippen LogP contribution in [0.25, 0.3) is 0 Å². The van der Waals surface area contributed by atoms with E-state index in [0.29, 0.717) is 22.2 Å². The van der Waals surface area contributed by atoms with Gasteiger partial charge in [-0.1, -0.05) is 41.0 Å². The second kappa shape index (κ2) is 8.82. The molecule has 4 heteroatoms. The van der Waals surface area contributed by atoms with Gasteiger partial charge in [0.25, 0.3) is 0 Å². The average Bonchev–Trinajstić information content (AvgIpc) is 3.12. The van der Waals surface area contributed by atoms with E-state index in [1.807, 2.05) is 0 Å². The van der Waals surface area contributed by atoms with Crippen LogP contribution in [-0.4, -0.2) is 17.8 Å². The van der Waals surface area contributed by atoms with Gasteiger partial charge in [-0.2, -0.15) is 0 Å². The van der Waals surface area contributed by atoms with E-state index >= 15 is 0 Å². The Bertz CT molecular complexity index is 764. The summed E-state index contributed by atoms with van der Waals surface area (Å²) < 4.78 is 5.87. The van der Waals surface area contributed by atoms with Crippen LogP contribution >= 0.6 is 11.6 Å². The minimum Gasteiger partial charge on any atom is -0.462 e. The van der Waals surface area contributed by atoms with Gasteiger partial charge < -0.3 is 4.74 Å². The number of hydrogen-bond acceptors (Lipinski definition) is 3. The molecule has 5 fully saturated rings. The van der Waals surface area contributed by atoms with Crippen LogP contribution < -0.4 is 0 Å². The van der Waals surface area contributed by atoms with Crippen LogP contribution in [0.4, 0.5) is 0 Å². The molecule has 0 saturated heterocycles. The Morgan fingerprint density at radius 2 is 1.48 bits per heavy atom. The van der Waals surface area contributed by atoms with Crippen molar-refractivity contribution < 1.29 is 14.3 Å². The van der Waals surface area contributed by atoms with Gasteiger partial charge in [0.1, 0.15) is 6.10 Å². The van der Waals surface area contributed by atoms with Gasteiger partial charge >= 0.3 is 5.97 Å². The summed E-state index contributed by atoms with van der Waals surface area (Å²) in [6.45, 7) is 14.4. The number of carbonyl (C=O) groups excluding carboxylic acids is 2. The van der Waals surface area contributed by atoms with Crippen LogP contribution in [0, 0.1) is 51.2 Å². The summed E-state index contributed by atoms with van der Waals surface area (Å²) in [7, 11) is 0. The van der Waals surface area contributed by atoms with E-state index in [2.05, 4.69) is 46.2 Å². The van der Waals surface area contributed by atoms with Crippen LogP contribution in [0.2, 0.25) is 0 Å². The Morgan fingerprint density at radius 1 is 0.818 bits per heavy atom. The highest BCUT2D eigenvalue weighted by Crippen LogP contribution is 2.73. The van der Waals surface area contributed by atoms with E-state index in [-0.39, 0.29) is 23.2 Å². The van der Waals surface area contributed by atoms with Crippen molar-refractivity contribution in [1.29, 1.82) is 0 Å². The molecule has 0 aromatic heterocycles. The predicted molar refractivity (Wildman–Crippen MR) is 134 cm³/mol. The molecule has 0 aromatic carbocycles. The third-order valence-corrected chi connectivity index (χ3v) is 12.2. The lowest BCUT2D eigenvalue weighted by atomic mass is 9.36. The first-order chi connectivity index (χ1) is 15.4. The maximum absolute atomic E-state index is 11.8. The minimum absolute atomic E-state index is 0.0907. The van der Waals surface area contributed by atoms with Crippen molar-refractivity contribution in [1.82, 2.24) is 0 Å². The molecule has 9 atom stereocenters. The fraction of sp³-hybridized carbons (Fsp3) is 0.931. The molecule has 188 valence electrons. The normalized spacial score (nSPS) is 49.8. The number of fused-ring (bicyclic) bond motifs is 7. The molecule has 5 aliphatic carbocycles. The van der Waals surface area contributed by atoms with E-state index in [0.717, 1.165) is 30.1 Å². The lowest BCUT2D eigenvalue weighted by Gasteiger charge is -2.69. The summed E-state index contributed by atoms with van der Waals surface area (Å²) >= 11 is 4.32. The second-order valence-corrected chi connectivity index (χ2v) is 13.9. The number of halogens is 1. The van der Waals surface area contributed by atoms with Gasteiger partial charge in [-0.05, 0) is 122 Å². The van der Waals surface area contributed by atoms with Gasteiger partial charge in [0, 0.05) is 12.3 Å². The van der Waals surface area contributed by atoms with Crippen LogP contribution in [0.5, 0.6) is 0 Å². The summed E-state index contributed by atoms with van der Waals surface area (Å²) in [4.78, 5) is 20.3. The molecule has 5 aliphatic rings. The standard InChI is InChI=1S/C28H46O2.CHClO/c1-18(29)30-24-13-17-28(6)22(25(24,2)3)12-16-27(5)21-11-15-26(4)14-7-8-20(26)19(21)9-10-23(27)28;2-1-3/h19-24H,7-17H2,1-6H3;1H. The molecule has 0 aromatic rings. The smallest absolute Gasteiger partial charge is 0.302 e. The lowest BCUT2D eigenvalue weighted by Crippen LogP contribution is -2.63. The zero-order chi connectivity index (χ0) is 24.2. The van der Waals surface area contributed by atoms with Crippen molar-refractivity contribution >= 4 is 23.3 Å². The Morgan fingerprint density at radius 3 is 2.15 bits per heavy atom. The topological polar surface area (TPSA) is 43.4 Å². The summed E-state index contributed by atoms with van der Waals surface area (Å²) in [5.41, 5.74) is 1.69. The third kappa shape index (κ3) is 3.91. The molecule has 9 unspecified atom stereocenters. The van der Waals surface area contributed by atoms with Crippen molar-refractivity contribution in [2.75, 3.05) is 0 Å².